The van der Waals surface area contributed by atoms with Crippen molar-refractivity contribution >= 4 is 26.8 Å². The van der Waals surface area contributed by atoms with E-state index in [1.54, 1.807) is 11.3 Å². The summed E-state index contributed by atoms with van der Waals surface area (Å²) in [5.41, 5.74) is 1.97. The van der Waals surface area contributed by atoms with Gasteiger partial charge in [-0.1, -0.05) is 11.3 Å². The van der Waals surface area contributed by atoms with Crippen LogP contribution in [-0.2, 0) is 7.05 Å². The van der Waals surface area contributed by atoms with Crippen LogP contribution in [0, 0.1) is 12.8 Å². The lowest BCUT2D eigenvalue weighted by Crippen LogP contribution is -2.46. The number of rotatable bonds is 3. The van der Waals surface area contributed by atoms with E-state index in [2.05, 4.69) is 29.0 Å². The van der Waals surface area contributed by atoms with Gasteiger partial charge in [-0.05, 0) is 27.4 Å². The Labute approximate surface area is 129 Å². The quantitative estimate of drug-likeness (QED) is 0.920. The van der Waals surface area contributed by atoms with Crippen LogP contribution in [0.5, 0.6) is 0 Å². The van der Waals surface area contributed by atoms with Gasteiger partial charge in [0.15, 0.2) is 10.8 Å². The molecule has 0 radical (unpaired) electrons. The van der Waals surface area contributed by atoms with Gasteiger partial charge in [0.25, 0.3) is 0 Å². The third kappa shape index (κ3) is 2.77. The Morgan fingerprint density at radius 1 is 1.43 bits per heavy atom. The van der Waals surface area contributed by atoms with Crippen molar-refractivity contribution in [1.82, 2.24) is 19.7 Å². The van der Waals surface area contributed by atoms with Crippen LogP contribution in [-0.4, -0.2) is 64.6 Å². The molecule has 0 amide bonds. The molecule has 0 aromatic carbocycles. The molecule has 2 aromatic heterocycles. The summed E-state index contributed by atoms with van der Waals surface area (Å²) < 4.78 is 2.98. The van der Waals surface area contributed by atoms with Crippen LogP contribution in [0.1, 0.15) is 12.1 Å². The monoisotopic (exact) mass is 309 g/mol. The molecule has 3 heterocycles. The van der Waals surface area contributed by atoms with E-state index in [-0.39, 0.29) is 6.10 Å². The standard InChI is InChI=1S/C14H23N5OS/c1-9-12-13(18(4)16-9)15-14(21-12)19-6-5-10(7-17(2)3)11(20)8-19/h10-11,20H,5-8H2,1-4H3/t10-,11+/m0/s1. The van der Waals surface area contributed by atoms with Gasteiger partial charge in [-0.25, -0.2) is 9.67 Å². The Morgan fingerprint density at radius 3 is 2.81 bits per heavy atom. The number of aromatic nitrogens is 3. The van der Waals surface area contributed by atoms with E-state index >= 15 is 0 Å². The van der Waals surface area contributed by atoms with E-state index in [0.717, 1.165) is 40.7 Å². The average Bonchev–Trinajstić information content (AvgIpc) is 2.94. The highest BCUT2D eigenvalue weighted by Crippen LogP contribution is 2.33. The molecule has 0 bridgehead atoms. The Kier molecular flexibility index (Phi) is 3.90. The highest BCUT2D eigenvalue weighted by molar-refractivity contribution is 7.22. The van der Waals surface area contributed by atoms with Crippen LogP contribution < -0.4 is 4.90 Å². The molecule has 0 saturated carbocycles. The van der Waals surface area contributed by atoms with Crippen molar-refractivity contribution in [3.63, 3.8) is 0 Å². The third-order valence-electron chi connectivity index (χ3n) is 4.12. The van der Waals surface area contributed by atoms with Gasteiger partial charge in [-0.15, -0.1) is 0 Å². The van der Waals surface area contributed by atoms with E-state index in [4.69, 9.17) is 4.98 Å². The maximum Gasteiger partial charge on any atom is 0.188 e. The highest BCUT2D eigenvalue weighted by Gasteiger charge is 2.29. The zero-order valence-corrected chi connectivity index (χ0v) is 13.9. The fourth-order valence-electron chi connectivity index (χ4n) is 3.05. The average molecular weight is 309 g/mol. The Bertz CT molecular complexity index is 600. The number of fused-ring (bicyclic) bond motifs is 1. The van der Waals surface area contributed by atoms with Crippen LogP contribution in [0.25, 0.3) is 10.3 Å². The van der Waals surface area contributed by atoms with Crippen LogP contribution in [0.15, 0.2) is 0 Å². The van der Waals surface area contributed by atoms with E-state index in [0.29, 0.717) is 12.5 Å². The van der Waals surface area contributed by atoms with Crippen molar-refractivity contribution in [1.29, 1.82) is 0 Å². The second-order valence-electron chi connectivity index (χ2n) is 6.18. The van der Waals surface area contributed by atoms with Crippen molar-refractivity contribution in [2.45, 2.75) is 19.4 Å². The van der Waals surface area contributed by atoms with Crippen LogP contribution in [0.4, 0.5) is 5.13 Å². The Morgan fingerprint density at radius 2 is 2.19 bits per heavy atom. The molecule has 116 valence electrons. The lowest BCUT2D eigenvalue weighted by molar-refractivity contribution is 0.0766. The molecule has 2 aromatic rings. The summed E-state index contributed by atoms with van der Waals surface area (Å²) >= 11 is 1.68. The number of anilines is 1. The summed E-state index contributed by atoms with van der Waals surface area (Å²) in [6.45, 7) is 4.59. The number of hydrogen-bond acceptors (Lipinski definition) is 6. The van der Waals surface area contributed by atoms with Crippen molar-refractivity contribution < 1.29 is 5.11 Å². The lowest BCUT2D eigenvalue weighted by Gasteiger charge is -2.36. The van der Waals surface area contributed by atoms with Crippen molar-refractivity contribution in [2.24, 2.45) is 13.0 Å². The Hall–Kier alpha value is -1.18. The zero-order valence-electron chi connectivity index (χ0n) is 13.1. The first-order valence-corrected chi connectivity index (χ1v) is 8.15. The fourth-order valence-corrected chi connectivity index (χ4v) is 4.11. The van der Waals surface area contributed by atoms with Crippen molar-refractivity contribution in [2.75, 3.05) is 38.6 Å². The molecule has 1 N–H and O–H groups in total. The Balaban J connectivity index is 1.77. The number of aliphatic hydroxyl groups excluding tert-OH is 1. The maximum atomic E-state index is 10.4. The summed E-state index contributed by atoms with van der Waals surface area (Å²) in [6.07, 6.45) is 0.722. The zero-order chi connectivity index (χ0) is 15.1. The van der Waals surface area contributed by atoms with Crippen molar-refractivity contribution in [3.8, 4) is 0 Å². The summed E-state index contributed by atoms with van der Waals surface area (Å²) in [5, 5.41) is 15.8. The number of aryl methyl sites for hydroxylation is 2. The molecule has 6 nitrogen and oxygen atoms in total. The van der Waals surface area contributed by atoms with Gasteiger partial charge in [0.05, 0.1) is 16.5 Å². The van der Waals surface area contributed by atoms with Crippen molar-refractivity contribution in [3.05, 3.63) is 5.69 Å². The molecule has 1 fully saturated rings. The predicted octanol–water partition coefficient (Wildman–Crippen LogP) is 1.09. The second-order valence-corrected chi connectivity index (χ2v) is 7.16. The van der Waals surface area contributed by atoms with E-state index in [1.165, 1.54) is 0 Å². The highest BCUT2D eigenvalue weighted by atomic mass is 32.1. The molecule has 2 atom stereocenters. The summed E-state index contributed by atoms with van der Waals surface area (Å²) in [5.74, 6) is 0.356. The topological polar surface area (TPSA) is 57.4 Å². The molecule has 0 spiro atoms. The molecule has 0 aliphatic carbocycles. The summed E-state index contributed by atoms with van der Waals surface area (Å²) in [6, 6.07) is 0. The van der Waals surface area contributed by atoms with E-state index in [9.17, 15) is 5.11 Å². The minimum Gasteiger partial charge on any atom is -0.391 e. The molecule has 1 saturated heterocycles. The molecular formula is C14H23N5OS. The van der Waals surface area contributed by atoms with Gasteiger partial charge in [0.1, 0.15) is 0 Å². The second kappa shape index (κ2) is 5.55. The fraction of sp³-hybridized carbons (Fsp3) is 0.714. The summed E-state index contributed by atoms with van der Waals surface area (Å²) in [4.78, 5) is 9.06. The van der Waals surface area contributed by atoms with Crippen LogP contribution in [0.3, 0.4) is 0 Å². The van der Waals surface area contributed by atoms with Gasteiger partial charge >= 0.3 is 0 Å². The van der Waals surface area contributed by atoms with E-state index < -0.39 is 0 Å². The molecule has 3 rings (SSSR count). The minimum absolute atomic E-state index is 0.285. The van der Waals surface area contributed by atoms with Gasteiger partial charge in [0.2, 0.25) is 0 Å². The molecule has 1 aliphatic rings. The normalized spacial score (nSPS) is 23.4. The minimum atomic E-state index is -0.285. The van der Waals surface area contributed by atoms with Gasteiger partial charge in [-0.2, -0.15) is 5.10 Å². The third-order valence-corrected chi connectivity index (χ3v) is 5.34. The number of thiazole rings is 1. The number of nitrogens with zero attached hydrogens (tertiary/aromatic N) is 5. The first kappa shape index (κ1) is 14.7. The molecule has 7 heteroatoms. The molecular weight excluding hydrogens is 286 g/mol. The lowest BCUT2D eigenvalue weighted by atomic mass is 9.94. The van der Waals surface area contributed by atoms with Gasteiger partial charge < -0.3 is 14.9 Å². The maximum absolute atomic E-state index is 10.4. The number of hydrogen-bond donors (Lipinski definition) is 1. The number of aliphatic hydroxyl groups is 1. The first-order valence-electron chi connectivity index (χ1n) is 7.33. The number of β-amino-alcohol motifs (C(OH)–C–C–N with tert-alkyl or cyclic N) is 1. The molecule has 21 heavy (non-hydrogen) atoms. The smallest absolute Gasteiger partial charge is 0.188 e. The SMILES string of the molecule is Cc1nn(C)c2nc(N3CC[C@@H](CN(C)C)[C@H](O)C3)sc12. The van der Waals surface area contributed by atoms with E-state index in [1.807, 2.05) is 18.7 Å². The van der Waals surface area contributed by atoms with Gasteiger partial charge in [-0.3, -0.25) is 0 Å². The first-order chi connectivity index (χ1) is 9.95. The molecule has 1 aliphatic heterocycles. The molecule has 0 unspecified atom stereocenters. The number of piperidine rings is 1. The van der Waals surface area contributed by atoms with Crippen LogP contribution in [0.2, 0.25) is 0 Å². The van der Waals surface area contributed by atoms with Gasteiger partial charge in [0, 0.05) is 32.6 Å². The largest absolute Gasteiger partial charge is 0.391 e. The van der Waals surface area contributed by atoms with Crippen LogP contribution >= 0.6 is 11.3 Å². The predicted molar refractivity (Wildman–Crippen MR) is 86.0 cm³/mol. The summed E-state index contributed by atoms with van der Waals surface area (Å²) in [7, 11) is 6.04.